The molecule has 0 aromatic rings. The number of nitrogens with zero attached hydrogens (tertiary/aromatic N) is 1. The van der Waals surface area contributed by atoms with Crippen LogP contribution in [0.5, 0.6) is 0 Å². The number of alkyl halides is 1. The van der Waals surface area contributed by atoms with E-state index >= 15 is 0 Å². The average Bonchev–Trinajstić information content (AvgIpc) is 2.24. The van der Waals surface area contributed by atoms with Gasteiger partial charge in [-0.1, -0.05) is 29.8 Å². The van der Waals surface area contributed by atoms with Crippen molar-refractivity contribution in [2.24, 2.45) is 5.73 Å². The summed E-state index contributed by atoms with van der Waals surface area (Å²) in [5.41, 5.74) is 4.81. The van der Waals surface area contributed by atoms with Crippen LogP contribution in [-0.4, -0.2) is 59.5 Å². The first-order valence-corrected chi connectivity index (χ1v) is 6.99. The van der Waals surface area contributed by atoms with Gasteiger partial charge in [-0.05, 0) is 12.8 Å². The molecule has 0 aromatic heterocycles. The number of hydrogen-bond acceptors (Lipinski definition) is 3. The van der Waals surface area contributed by atoms with E-state index in [0.29, 0.717) is 17.3 Å². The van der Waals surface area contributed by atoms with Crippen LogP contribution in [0, 0.1) is 0 Å². The molecule has 118 valence electrons. The molecular weight excluding hydrogens is 330 g/mol. The second kappa shape index (κ2) is 8.91. The highest BCUT2D eigenvalue weighted by Crippen LogP contribution is 2.26. The number of carbonyl (C=O) groups excluding carboxylic acids is 2. The molecule has 0 heterocycles. The SMILES string of the molecule is CCC(Br)(CC)C(=O)NC(N)=O.C[N+](C)(C)CC(=O)O.[H+]. The third kappa shape index (κ3) is 10.7. The normalized spacial score (nSPS) is 11.1. The second-order valence-electron chi connectivity index (χ2n) is 5.33. The van der Waals surface area contributed by atoms with Gasteiger partial charge in [0.2, 0.25) is 5.91 Å². The van der Waals surface area contributed by atoms with Gasteiger partial charge in [-0.2, -0.15) is 0 Å². The van der Waals surface area contributed by atoms with Crippen LogP contribution in [0.1, 0.15) is 28.1 Å². The number of urea groups is 1. The molecule has 0 unspecified atom stereocenters. The molecule has 0 fully saturated rings. The number of imide groups is 1. The molecule has 0 spiro atoms. The van der Waals surface area contributed by atoms with Gasteiger partial charge < -0.3 is 15.3 Å². The Balaban J connectivity index is -0.000000317. The van der Waals surface area contributed by atoms with Crippen molar-refractivity contribution in [1.29, 1.82) is 0 Å². The number of halogens is 1. The number of rotatable bonds is 5. The molecule has 0 aliphatic heterocycles. The Bertz CT molecular complexity index is 355. The van der Waals surface area contributed by atoms with Gasteiger partial charge in [-0.25, -0.2) is 9.59 Å². The number of carboxylic acids is 1. The van der Waals surface area contributed by atoms with E-state index < -0.39 is 16.3 Å². The first-order chi connectivity index (χ1) is 8.88. The van der Waals surface area contributed by atoms with Crippen molar-refractivity contribution in [1.82, 2.24) is 5.32 Å². The highest BCUT2D eigenvalue weighted by atomic mass is 79.9. The number of primary amides is 1. The lowest BCUT2D eigenvalue weighted by molar-refractivity contribution is -0.862. The molecule has 8 heteroatoms. The summed E-state index contributed by atoms with van der Waals surface area (Å²) in [7, 11) is 5.52. The zero-order valence-electron chi connectivity index (χ0n) is 13.7. The number of amides is 3. The molecule has 7 nitrogen and oxygen atoms in total. The lowest BCUT2D eigenvalue weighted by Gasteiger charge is -2.21. The fourth-order valence-electron chi connectivity index (χ4n) is 1.20. The summed E-state index contributed by atoms with van der Waals surface area (Å²) < 4.78 is -0.183. The Morgan fingerprint density at radius 2 is 1.65 bits per heavy atom. The van der Waals surface area contributed by atoms with Crippen molar-refractivity contribution in [3.05, 3.63) is 0 Å². The summed E-state index contributed by atoms with van der Waals surface area (Å²) in [5.74, 6) is -1.13. The molecule has 0 aromatic carbocycles. The van der Waals surface area contributed by atoms with Gasteiger partial charge in [0.15, 0.2) is 6.54 Å². The first-order valence-electron chi connectivity index (χ1n) is 6.20. The first kappa shape index (κ1) is 21.2. The molecule has 0 aliphatic carbocycles. The van der Waals surface area contributed by atoms with Crippen LogP contribution in [0.3, 0.4) is 0 Å². The van der Waals surface area contributed by atoms with E-state index in [1.807, 2.05) is 40.3 Å². The summed E-state index contributed by atoms with van der Waals surface area (Å²) in [6.07, 6.45) is 1.23. The number of carboxylic acid groups (broad SMARTS) is 1. The Morgan fingerprint density at radius 1 is 1.25 bits per heavy atom. The van der Waals surface area contributed by atoms with Gasteiger partial charge in [0.25, 0.3) is 0 Å². The fraction of sp³-hybridized carbons (Fsp3) is 0.750. The number of carbonyl (C=O) groups is 3. The lowest BCUT2D eigenvalue weighted by atomic mass is 10.0. The molecule has 0 saturated carbocycles. The standard InChI is InChI=1S/C7H13BrN2O2.C5H11NO2/c1-3-7(8,4-2)5(11)10-6(9)12;1-6(2,3)4-5(7)8/h3-4H2,1-2H3,(H3,9,10,11,12);4H2,1-3H3/p+2. The zero-order valence-corrected chi connectivity index (χ0v) is 14.3. The van der Waals surface area contributed by atoms with E-state index in [1.165, 1.54) is 0 Å². The monoisotopic (exact) mass is 355 g/mol. The van der Waals surface area contributed by atoms with Crippen molar-refractivity contribution >= 4 is 33.8 Å². The molecule has 20 heavy (non-hydrogen) atoms. The van der Waals surface area contributed by atoms with E-state index in [1.54, 1.807) is 0 Å². The summed E-state index contributed by atoms with van der Waals surface area (Å²) in [5, 5.41) is 10.3. The van der Waals surface area contributed by atoms with Crippen molar-refractivity contribution in [2.75, 3.05) is 27.7 Å². The van der Waals surface area contributed by atoms with E-state index in [4.69, 9.17) is 10.8 Å². The average molecular weight is 356 g/mol. The van der Waals surface area contributed by atoms with E-state index in [2.05, 4.69) is 15.9 Å². The van der Waals surface area contributed by atoms with Crippen LogP contribution in [0.2, 0.25) is 0 Å². The Morgan fingerprint density at radius 3 is 1.80 bits per heavy atom. The number of nitrogens with one attached hydrogen (secondary N) is 1. The van der Waals surface area contributed by atoms with Crippen LogP contribution >= 0.6 is 15.9 Å². The minimum Gasteiger partial charge on any atom is -0.477 e. The molecule has 0 bridgehead atoms. The van der Waals surface area contributed by atoms with Gasteiger partial charge in [-0.15, -0.1) is 0 Å². The van der Waals surface area contributed by atoms with E-state index in [-0.39, 0.29) is 13.9 Å². The fourth-order valence-corrected chi connectivity index (χ4v) is 1.30. The van der Waals surface area contributed by atoms with Crippen molar-refractivity contribution in [2.45, 2.75) is 31.0 Å². The minimum atomic E-state index is -0.814. The lowest BCUT2D eigenvalue weighted by Crippen LogP contribution is -2.46. The smallest absolute Gasteiger partial charge is 0.477 e. The maximum atomic E-state index is 11.3. The number of quaternary nitrogens is 1. The maximum Gasteiger partial charge on any atom is 1.00 e. The topological polar surface area (TPSA) is 109 Å². The Hall–Kier alpha value is -1.15. The largest absolute Gasteiger partial charge is 1.00 e. The molecule has 0 radical (unpaired) electrons. The highest BCUT2D eigenvalue weighted by Gasteiger charge is 2.32. The van der Waals surface area contributed by atoms with Crippen LogP contribution in [-0.2, 0) is 9.59 Å². The number of hydrogen-bond donors (Lipinski definition) is 3. The number of likely N-dealkylation sites (N-methyl/N-ethyl adjacent to an activating group) is 1. The predicted octanol–water partition coefficient (Wildman–Crippen LogP) is 1.02. The third-order valence-corrected chi connectivity index (χ3v) is 3.86. The zero-order chi connectivity index (χ0) is 16.6. The molecule has 0 saturated heterocycles. The van der Waals surface area contributed by atoms with Crippen LogP contribution in [0.25, 0.3) is 0 Å². The molecular formula is C12H26BrN3O4+2. The van der Waals surface area contributed by atoms with Gasteiger partial charge in [0.1, 0.15) is 4.32 Å². The predicted molar refractivity (Wildman–Crippen MR) is 81.6 cm³/mol. The Labute approximate surface area is 129 Å². The van der Waals surface area contributed by atoms with Crippen LogP contribution in [0.4, 0.5) is 4.79 Å². The summed E-state index contributed by atoms with van der Waals surface area (Å²) in [6.45, 7) is 3.90. The minimum absolute atomic E-state index is 0. The molecule has 0 aliphatic rings. The van der Waals surface area contributed by atoms with Gasteiger partial charge in [0, 0.05) is 0 Å². The second-order valence-corrected chi connectivity index (χ2v) is 6.85. The van der Waals surface area contributed by atoms with E-state index in [0.717, 1.165) is 0 Å². The highest BCUT2D eigenvalue weighted by molar-refractivity contribution is 9.10. The Kier molecular flexibility index (Phi) is 9.42. The van der Waals surface area contributed by atoms with Crippen LogP contribution < -0.4 is 11.1 Å². The molecule has 4 N–H and O–H groups in total. The third-order valence-electron chi connectivity index (χ3n) is 2.37. The molecule has 0 rings (SSSR count). The number of aliphatic carboxylic acids is 1. The molecule has 3 amide bonds. The van der Waals surface area contributed by atoms with Gasteiger partial charge in [-0.3, -0.25) is 10.1 Å². The van der Waals surface area contributed by atoms with Crippen molar-refractivity contribution < 1.29 is 25.4 Å². The van der Waals surface area contributed by atoms with Crippen molar-refractivity contribution in [3.63, 3.8) is 0 Å². The summed E-state index contributed by atoms with van der Waals surface area (Å²) in [6, 6.07) is -0.814. The van der Waals surface area contributed by atoms with Gasteiger partial charge >= 0.3 is 13.4 Å². The molecule has 0 atom stereocenters. The quantitative estimate of drug-likeness (QED) is 0.505. The van der Waals surface area contributed by atoms with Crippen molar-refractivity contribution in [3.8, 4) is 0 Å². The van der Waals surface area contributed by atoms with Gasteiger partial charge in [0.05, 0.1) is 21.1 Å². The van der Waals surface area contributed by atoms with E-state index in [9.17, 15) is 14.4 Å². The maximum absolute atomic E-state index is 11.3. The summed E-state index contributed by atoms with van der Waals surface area (Å²) >= 11 is 3.26. The van der Waals surface area contributed by atoms with Crippen LogP contribution in [0.15, 0.2) is 0 Å². The number of nitrogens with two attached hydrogens (primary N) is 1. The summed E-state index contributed by atoms with van der Waals surface area (Å²) in [4.78, 5) is 31.6.